The Balaban J connectivity index is 1.33. The number of amides is 1. The summed E-state index contributed by atoms with van der Waals surface area (Å²) in [5.74, 6) is 1.16. The van der Waals surface area contributed by atoms with Crippen LogP contribution in [-0.2, 0) is 11.2 Å². The van der Waals surface area contributed by atoms with Crippen molar-refractivity contribution >= 4 is 16.9 Å². The molecular formula is C21H22FN3O. The van der Waals surface area contributed by atoms with Crippen LogP contribution < -0.4 is 0 Å². The summed E-state index contributed by atoms with van der Waals surface area (Å²) in [6.45, 7) is 1.51. The number of nitrogens with zero attached hydrogens (tertiary/aromatic N) is 2. The van der Waals surface area contributed by atoms with Crippen LogP contribution in [0.3, 0.4) is 0 Å². The maximum atomic E-state index is 13.3. The monoisotopic (exact) mass is 351 g/mol. The van der Waals surface area contributed by atoms with Gasteiger partial charge in [-0.05, 0) is 43.0 Å². The zero-order valence-corrected chi connectivity index (χ0v) is 14.6. The quantitative estimate of drug-likeness (QED) is 0.771. The summed E-state index contributed by atoms with van der Waals surface area (Å²) < 4.78 is 13.3. The van der Waals surface area contributed by atoms with Gasteiger partial charge in [-0.2, -0.15) is 0 Å². The molecule has 0 bridgehead atoms. The Morgan fingerprint density at radius 1 is 1.15 bits per heavy atom. The molecule has 1 fully saturated rings. The number of rotatable bonds is 4. The van der Waals surface area contributed by atoms with E-state index >= 15 is 0 Å². The number of hydrogen-bond donors (Lipinski definition) is 1. The molecule has 0 atom stereocenters. The molecule has 0 saturated carbocycles. The minimum atomic E-state index is -0.258. The normalized spacial score (nSPS) is 15.5. The van der Waals surface area contributed by atoms with Crippen molar-refractivity contribution in [3.8, 4) is 0 Å². The molecule has 4 rings (SSSR count). The molecule has 134 valence electrons. The van der Waals surface area contributed by atoms with Crippen LogP contribution in [0.2, 0.25) is 0 Å². The lowest BCUT2D eigenvalue weighted by Crippen LogP contribution is -2.38. The van der Waals surface area contributed by atoms with Crippen molar-refractivity contribution in [2.75, 3.05) is 13.1 Å². The number of benzene rings is 2. The van der Waals surface area contributed by atoms with Gasteiger partial charge < -0.3 is 9.88 Å². The summed E-state index contributed by atoms with van der Waals surface area (Å²) in [4.78, 5) is 22.3. The average molecular weight is 351 g/mol. The Morgan fingerprint density at radius 3 is 2.69 bits per heavy atom. The highest BCUT2D eigenvalue weighted by Crippen LogP contribution is 2.28. The van der Waals surface area contributed by atoms with Gasteiger partial charge >= 0.3 is 0 Å². The topological polar surface area (TPSA) is 49.0 Å². The van der Waals surface area contributed by atoms with E-state index < -0.39 is 0 Å². The van der Waals surface area contributed by atoms with E-state index in [4.69, 9.17) is 0 Å². The minimum absolute atomic E-state index is 0.221. The van der Waals surface area contributed by atoms with Gasteiger partial charge in [-0.15, -0.1) is 0 Å². The Labute approximate surface area is 152 Å². The number of carbonyl (C=O) groups excluding carboxylic acids is 1. The van der Waals surface area contributed by atoms with E-state index in [2.05, 4.69) is 22.1 Å². The van der Waals surface area contributed by atoms with E-state index in [1.54, 1.807) is 6.07 Å². The first-order valence-corrected chi connectivity index (χ1v) is 9.16. The van der Waals surface area contributed by atoms with Crippen molar-refractivity contribution in [1.82, 2.24) is 14.9 Å². The van der Waals surface area contributed by atoms with E-state index in [1.165, 1.54) is 17.7 Å². The molecule has 0 unspecified atom stereocenters. The van der Waals surface area contributed by atoms with E-state index in [0.29, 0.717) is 12.3 Å². The van der Waals surface area contributed by atoms with Gasteiger partial charge in [-0.25, -0.2) is 9.37 Å². The molecule has 0 spiro atoms. The van der Waals surface area contributed by atoms with Gasteiger partial charge in [0.1, 0.15) is 11.6 Å². The van der Waals surface area contributed by atoms with Crippen LogP contribution in [0.1, 0.15) is 36.6 Å². The van der Waals surface area contributed by atoms with Crippen LogP contribution in [0.4, 0.5) is 4.39 Å². The summed E-state index contributed by atoms with van der Waals surface area (Å²) in [5, 5.41) is 0. The summed E-state index contributed by atoms with van der Waals surface area (Å²) >= 11 is 0. The lowest BCUT2D eigenvalue weighted by atomic mass is 9.95. The number of nitrogens with one attached hydrogen (secondary N) is 1. The van der Waals surface area contributed by atoms with Crippen LogP contribution >= 0.6 is 0 Å². The number of H-pyrrole nitrogens is 1. The Kier molecular flexibility index (Phi) is 4.69. The third kappa shape index (κ3) is 3.62. The van der Waals surface area contributed by atoms with Crippen molar-refractivity contribution in [1.29, 1.82) is 0 Å². The number of imidazole rings is 1. The SMILES string of the molecule is O=C(CCc1ccccc1)N1CCC(c2nc3ccc(F)cc3[nH]2)CC1. The number of likely N-dealkylation sites (tertiary alicyclic amines) is 1. The van der Waals surface area contributed by atoms with Gasteiger partial charge in [0, 0.05) is 25.4 Å². The highest BCUT2D eigenvalue weighted by Gasteiger charge is 2.25. The minimum Gasteiger partial charge on any atom is -0.343 e. The van der Waals surface area contributed by atoms with E-state index in [-0.39, 0.29) is 11.7 Å². The first kappa shape index (κ1) is 16.8. The average Bonchev–Trinajstić information content (AvgIpc) is 3.10. The molecule has 1 aliphatic rings. The number of piperidine rings is 1. The van der Waals surface area contributed by atoms with Gasteiger partial charge in [0.15, 0.2) is 0 Å². The van der Waals surface area contributed by atoms with Crippen molar-refractivity contribution in [3.63, 3.8) is 0 Å². The van der Waals surface area contributed by atoms with Gasteiger partial charge in [-0.3, -0.25) is 4.79 Å². The van der Waals surface area contributed by atoms with Crippen LogP contribution in [0, 0.1) is 5.82 Å². The lowest BCUT2D eigenvalue weighted by molar-refractivity contribution is -0.132. The number of aromatic nitrogens is 2. The highest BCUT2D eigenvalue weighted by molar-refractivity contribution is 5.77. The second-order valence-electron chi connectivity index (χ2n) is 6.92. The molecule has 1 saturated heterocycles. The lowest BCUT2D eigenvalue weighted by Gasteiger charge is -2.31. The van der Waals surface area contributed by atoms with Crippen molar-refractivity contribution in [2.45, 2.75) is 31.6 Å². The summed E-state index contributed by atoms with van der Waals surface area (Å²) in [7, 11) is 0. The van der Waals surface area contributed by atoms with Crippen LogP contribution in [0.5, 0.6) is 0 Å². The summed E-state index contributed by atoms with van der Waals surface area (Å²) in [5.41, 5.74) is 2.73. The first-order chi connectivity index (χ1) is 12.7. The smallest absolute Gasteiger partial charge is 0.222 e. The molecule has 1 aliphatic heterocycles. The fraction of sp³-hybridized carbons (Fsp3) is 0.333. The fourth-order valence-corrected chi connectivity index (χ4v) is 3.65. The van der Waals surface area contributed by atoms with E-state index in [0.717, 1.165) is 49.2 Å². The standard InChI is InChI=1S/C21H22FN3O/c22-17-7-8-18-19(14-17)24-21(23-18)16-10-12-25(13-11-16)20(26)9-6-15-4-2-1-3-5-15/h1-5,7-8,14,16H,6,9-13H2,(H,23,24). The third-order valence-corrected chi connectivity index (χ3v) is 5.17. The second kappa shape index (κ2) is 7.28. The molecule has 4 nitrogen and oxygen atoms in total. The Hall–Kier alpha value is -2.69. The third-order valence-electron chi connectivity index (χ3n) is 5.17. The Morgan fingerprint density at radius 2 is 1.92 bits per heavy atom. The number of hydrogen-bond acceptors (Lipinski definition) is 2. The van der Waals surface area contributed by atoms with Crippen molar-refractivity contribution in [2.24, 2.45) is 0 Å². The predicted molar refractivity (Wildman–Crippen MR) is 99.4 cm³/mol. The molecule has 5 heteroatoms. The second-order valence-corrected chi connectivity index (χ2v) is 6.92. The predicted octanol–water partition coefficient (Wildman–Crippen LogP) is 4.04. The summed E-state index contributed by atoms with van der Waals surface area (Å²) in [6.07, 6.45) is 3.12. The summed E-state index contributed by atoms with van der Waals surface area (Å²) in [6, 6.07) is 14.7. The van der Waals surface area contributed by atoms with Crippen LogP contribution in [-0.4, -0.2) is 33.9 Å². The first-order valence-electron chi connectivity index (χ1n) is 9.16. The zero-order chi connectivity index (χ0) is 17.9. The molecule has 3 aromatic rings. The molecule has 1 N–H and O–H groups in total. The molecule has 1 amide bonds. The Bertz CT molecular complexity index is 898. The van der Waals surface area contributed by atoms with E-state index in [9.17, 15) is 9.18 Å². The zero-order valence-electron chi connectivity index (χ0n) is 14.6. The van der Waals surface area contributed by atoms with E-state index in [1.807, 2.05) is 23.1 Å². The van der Waals surface area contributed by atoms with Gasteiger partial charge in [0.05, 0.1) is 11.0 Å². The highest BCUT2D eigenvalue weighted by atomic mass is 19.1. The number of aryl methyl sites for hydroxylation is 1. The van der Waals surface area contributed by atoms with Gasteiger partial charge in [-0.1, -0.05) is 30.3 Å². The maximum Gasteiger partial charge on any atom is 0.222 e. The van der Waals surface area contributed by atoms with Crippen LogP contribution in [0.15, 0.2) is 48.5 Å². The largest absolute Gasteiger partial charge is 0.343 e. The maximum absolute atomic E-state index is 13.3. The van der Waals surface area contributed by atoms with Crippen molar-refractivity contribution in [3.05, 3.63) is 65.7 Å². The van der Waals surface area contributed by atoms with Crippen molar-refractivity contribution < 1.29 is 9.18 Å². The molecule has 2 heterocycles. The molecule has 0 radical (unpaired) electrons. The number of carbonyl (C=O) groups is 1. The number of fused-ring (bicyclic) bond motifs is 1. The number of aromatic amines is 1. The van der Waals surface area contributed by atoms with Gasteiger partial charge in [0.25, 0.3) is 0 Å². The number of halogens is 1. The molecule has 0 aliphatic carbocycles. The molecule has 2 aromatic carbocycles. The fourth-order valence-electron chi connectivity index (χ4n) is 3.65. The molecule has 26 heavy (non-hydrogen) atoms. The van der Waals surface area contributed by atoms with Gasteiger partial charge in [0.2, 0.25) is 5.91 Å². The molecule has 1 aromatic heterocycles. The van der Waals surface area contributed by atoms with Crippen LogP contribution in [0.25, 0.3) is 11.0 Å². The molecular weight excluding hydrogens is 329 g/mol.